The molecule has 1 aromatic carbocycles. The average molecular weight is 181 g/mol. The van der Waals surface area contributed by atoms with Crippen LogP contribution in [0.25, 0.3) is 0 Å². The molecule has 0 unspecified atom stereocenters. The third kappa shape index (κ3) is 2.81. The van der Waals surface area contributed by atoms with Crippen LogP contribution in [0, 0.1) is 10.1 Å². The highest BCUT2D eigenvalue weighted by Gasteiger charge is 2.03. The molecule has 0 bridgehead atoms. The first-order valence-corrected chi connectivity index (χ1v) is 3.79. The molecular formula is C8H11N3O2. The largest absolute Gasteiger partial charge is 0.269 e. The Labute approximate surface area is 75.9 Å². The van der Waals surface area contributed by atoms with E-state index in [1.54, 1.807) is 19.2 Å². The van der Waals surface area contributed by atoms with Crippen molar-refractivity contribution in [3.63, 3.8) is 0 Å². The molecular weight excluding hydrogens is 170 g/mol. The summed E-state index contributed by atoms with van der Waals surface area (Å²) in [5.41, 5.74) is 1.05. The van der Waals surface area contributed by atoms with Crippen molar-refractivity contribution in [2.45, 2.75) is 6.54 Å². The molecule has 2 N–H and O–H groups in total. The third-order valence-electron chi connectivity index (χ3n) is 1.58. The highest BCUT2D eigenvalue weighted by molar-refractivity contribution is 5.32. The summed E-state index contributed by atoms with van der Waals surface area (Å²) >= 11 is 0. The van der Waals surface area contributed by atoms with Gasteiger partial charge in [0.2, 0.25) is 0 Å². The van der Waals surface area contributed by atoms with E-state index in [-0.39, 0.29) is 5.69 Å². The van der Waals surface area contributed by atoms with E-state index in [1.165, 1.54) is 17.1 Å². The Morgan fingerprint density at radius 2 is 2.00 bits per heavy atom. The quantitative estimate of drug-likeness (QED) is 0.427. The monoisotopic (exact) mass is 181 g/mol. The van der Waals surface area contributed by atoms with Gasteiger partial charge in [0.1, 0.15) is 0 Å². The van der Waals surface area contributed by atoms with E-state index in [4.69, 9.17) is 5.84 Å². The lowest BCUT2D eigenvalue weighted by molar-refractivity contribution is -0.384. The highest BCUT2D eigenvalue weighted by atomic mass is 16.6. The van der Waals surface area contributed by atoms with Gasteiger partial charge in [-0.05, 0) is 5.56 Å². The maximum absolute atomic E-state index is 10.3. The average Bonchev–Trinajstić information content (AvgIpc) is 2.04. The van der Waals surface area contributed by atoms with Gasteiger partial charge in [0.15, 0.2) is 0 Å². The van der Waals surface area contributed by atoms with E-state index in [0.29, 0.717) is 6.54 Å². The second kappa shape index (κ2) is 3.97. The van der Waals surface area contributed by atoms with Gasteiger partial charge in [-0.15, -0.1) is 0 Å². The molecule has 5 nitrogen and oxygen atoms in total. The first kappa shape index (κ1) is 9.63. The number of hydrazine groups is 1. The number of nitro benzene ring substituents is 1. The fraction of sp³-hybridized carbons (Fsp3) is 0.250. The SMILES string of the molecule is CN(N)Cc1ccc([N+](=O)[O-])cc1. The topological polar surface area (TPSA) is 72.4 Å². The van der Waals surface area contributed by atoms with Gasteiger partial charge in [-0.1, -0.05) is 12.1 Å². The van der Waals surface area contributed by atoms with Crippen molar-refractivity contribution in [3.8, 4) is 0 Å². The van der Waals surface area contributed by atoms with Crippen molar-refractivity contribution in [2.75, 3.05) is 7.05 Å². The summed E-state index contributed by atoms with van der Waals surface area (Å²) in [6, 6.07) is 6.33. The van der Waals surface area contributed by atoms with Gasteiger partial charge in [0.05, 0.1) is 4.92 Å². The molecule has 70 valence electrons. The standard InChI is InChI=1S/C8H11N3O2/c1-10(9)6-7-2-4-8(5-3-7)11(12)13/h2-5H,6,9H2,1H3. The number of nitrogens with two attached hydrogens (primary N) is 1. The van der Waals surface area contributed by atoms with Crippen LogP contribution < -0.4 is 5.84 Å². The summed E-state index contributed by atoms with van der Waals surface area (Å²) in [5.74, 6) is 5.42. The molecule has 0 aromatic heterocycles. The smallest absolute Gasteiger partial charge is 0.269 e. The van der Waals surface area contributed by atoms with E-state index in [0.717, 1.165) is 5.56 Å². The summed E-state index contributed by atoms with van der Waals surface area (Å²) in [5, 5.41) is 11.8. The van der Waals surface area contributed by atoms with Crippen molar-refractivity contribution in [1.29, 1.82) is 0 Å². The zero-order valence-corrected chi connectivity index (χ0v) is 7.30. The van der Waals surface area contributed by atoms with Crippen molar-refractivity contribution >= 4 is 5.69 Å². The van der Waals surface area contributed by atoms with Crippen molar-refractivity contribution in [2.24, 2.45) is 5.84 Å². The van der Waals surface area contributed by atoms with E-state index >= 15 is 0 Å². The molecule has 0 aliphatic heterocycles. The van der Waals surface area contributed by atoms with Gasteiger partial charge >= 0.3 is 0 Å². The molecule has 0 aliphatic carbocycles. The highest BCUT2D eigenvalue weighted by Crippen LogP contribution is 2.12. The molecule has 0 spiro atoms. The molecule has 0 saturated carbocycles. The number of non-ortho nitro benzene ring substituents is 1. The van der Waals surface area contributed by atoms with Crippen molar-refractivity contribution in [1.82, 2.24) is 5.01 Å². The first-order valence-electron chi connectivity index (χ1n) is 3.79. The molecule has 13 heavy (non-hydrogen) atoms. The fourth-order valence-electron chi connectivity index (χ4n) is 1.01. The van der Waals surface area contributed by atoms with E-state index in [9.17, 15) is 10.1 Å². The van der Waals surface area contributed by atoms with Gasteiger partial charge in [0, 0.05) is 25.7 Å². The normalized spacial score (nSPS) is 10.4. The molecule has 0 atom stereocenters. The number of nitro groups is 1. The summed E-state index contributed by atoms with van der Waals surface area (Å²) in [6.45, 7) is 0.581. The maximum Gasteiger partial charge on any atom is 0.269 e. The Bertz CT molecular complexity index is 295. The van der Waals surface area contributed by atoms with Crippen LogP contribution in [-0.4, -0.2) is 17.0 Å². The molecule has 0 amide bonds. The molecule has 0 radical (unpaired) electrons. The second-order valence-corrected chi connectivity index (χ2v) is 2.84. The molecule has 1 rings (SSSR count). The summed E-state index contributed by atoms with van der Waals surface area (Å²) in [7, 11) is 1.74. The Hall–Kier alpha value is -1.46. The molecule has 0 saturated heterocycles. The lowest BCUT2D eigenvalue weighted by Crippen LogP contribution is -2.24. The molecule has 0 heterocycles. The molecule has 5 heteroatoms. The zero-order valence-electron chi connectivity index (χ0n) is 7.30. The lowest BCUT2D eigenvalue weighted by atomic mass is 10.2. The third-order valence-corrected chi connectivity index (χ3v) is 1.58. The van der Waals surface area contributed by atoms with Gasteiger partial charge in [0.25, 0.3) is 5.69 Å². The Morgan fingerprint density at radius 1 is 1.46 bits per heavy atom. The molecule has 0 fully saturated rings. The summed E-state index contributed by atoms with van der Waals surface area (Å²) in [4.78, 5) is 9.88. The summed E-state index contributed by atoms with van der Waals surface area (Å²) < 4.78 is 0. The van der Waals surface area contributed by atoms with Crippen LogP contribution in [0.15, 0.2) is 24.3 Å². The Balaban J connectivity index is 2.75. The summed E-state index contributed by atoms with van der Waals surface area (Å²) in [6.07, 6.45) is 0. The van der Waals surface area contributed by atoms with Crippen LogP contribution in [0.1, 0.15) is 5.56 Å². The van der Waals surface area contributed by atoms with E-state index in [1.807, 2.05) is 0 Å². The van der Waals surface area contributed by atoms with E-state index < -0.39 is 4.92 Å². The van der Waals surface area contributed by atoms with Gasteiger partial charge in [-0.2, -0.15) is 0 Å². The Morgan fingerprint density at radius 3 is 2.38 bits per heavy atom. The number of nitrogens with zero attached hydrogens (tertiary/aromatic N) is 2. The number of benzene rings is 1. The van der Waals surface area contributed by atoms with Crippen LogP contribution in [0.3, 0.4) is 0 Å². The van der Waals surface area contributed by atoms with Crippen LogP contribution >= 0.6 is 0 Å². The zero-order chi connectivity index (χ0) is 9.84. The van der Waals surface area contributed by atoms with Gasteiger partial charge in [-0.25, -0.2) is 5.01 Å². The maximum atomic E-state index is 10.3. The minimum atomic E-state index is -0.421. The lowest BCUT2D eigenvalue weighted by Gasteiger charge is -2.08. The Kier molecular flexibility index (Phi) is 2.94. The van der Waals surface area contributed by atoms with E-state index in [2.05, 4.69) is 0 Å². The fourth-order valence-corrected chi connectivity index (χ4v) is 1.01. The minimum Gasteiger partial charge on any atom is -0.269 e. The van der Waals surface area contributed by atoms with Crippen LogP contribution in [0.4, 0.5) is 5.69 Å². The number of hydrogen-bond donors (Lipinski definition) is 1. The van der Waals surface area contributed by atoms with Crippen LogP contribution in [0.2, 0.25) is 0 Å². The minimum absolute atomic E-state index is 0.100. The molecule has 0 aliphatic rings. The molecule has 1 aromatic rings. The predicted octanol–water partition coefficient (Wildman–Crippen LogP) is 0.900. The van der Waals surface area contributed by atoms with Crippen molar-refractivity contribution in [3.05, 3.63) is 39.9 Å². The first-order chi connectivity index (χ1) is 6.09. The van der Waals surface area contributed by atoms with Crippen LogP contribution in [-0.2, 0) is 6.54 Å². The van der Waals surface area contributed by atoms with Crippen molar-refractivity contribution < 1.29 is 4.92 Å². The van der Waals surface area contributed by atoms with Gasteiger partial charge in [-0.3, -0.25) is 16.0 Å². The van der Waals surface area contributed by atoms with Gasteiger partial charge < -0.3 is 0 Å². The second-order valence-electron chi connectivity index (χ2n) is 2.84. The number of rotatable bonds is 3. The predicted molar refractivity (Wildman–Crippen MR) is 48.8 cm³/mol. The van der Waals surface area contributed by atoms with Crippen LogP contribution in [0.5, 0.6) is 0 Å². The number of hydrogen-bond acceptors (Lipinski definition) is 4.